The molecule has 1 aliphatic heterocycles. The molecule has 0 aromatic carbocycles. The van der Waals surface area contributed by atoms with Gasteiger partial charge in [0.25, 0.3) is 5.91 Å². The van der Waals surface area contributed by atoms with Crippen molar-refractivity contribution in [1.29, 1.82) is 0 Å². The van der Waals surface area contributed by atoms with Crippen LogP contribution in [0.2, 0.25) is 0 Å². The molecular weight excluding hydrogens is 344 g/mol. The Morgan fingerprint density at radius 3 is 3.00 bits per heavy atom. The van der Waals surface area contributed by atoms with Crippen molar-refractivity contribution < 1.29 is 9.59 Å². The van der Waals surface area contributed by atoms with Crippen LogP contribution in [-0.2, 0) is 0 Å². The maximum atomic E-state index is 12.5. The number of carbonyl (C=O) groups excluding carboxylic acids is 2. The molecule has 2 N–H and O–H groups in total. The van der Waals surface area contributed by atoms with Gasteiger partial charge in [0.1, 0.15) is 9.88 Å². The summed E-state index contributed by atoms with van der Waals surface area (Å²) in [6.07, 6.45) is 0.776. The molecule has 1 aliphatic rings. The lowest BCUT2D eigenvalue weighted by Crippen LogP contribution is -2.42. The number of carbonyl (C=O) groups is 2. The van der Waals surface area contributed by atoms with Gasteiger partial charge in [-0.2, -0.15) is 11.3 Å². The number of nitrogens with one attached hydrogen (secondary N) is 2. The van der Waals surface area contributed by atoms with Gasteiger partial charge in [-0.3, -0.25) is 4.79 Å². The molecule has 3 amide bonds. The molecule has 24 heavy (non-hydrogen) atoms. The van der Waals surface area contributed by atoms with E-state index in [2.05, 4.69) is 15.6 Å². The quantitative estimate of drug-likeness (QED) is 0.876. The number of hydrogen-bond acceptors (Lipinski definition) is 5. The minimum absolute atomic E-state index is 0.00814. The zero-order valence-electron chi connectivity index (χ0n) is 13.7. The van der Waals surface area contributed by atoms with E-state index >= 15 is 0 Å². The van der Waals surface area contributed by atoms with Gasteiger partial charge >= 0.3 is 6.03 Å². The highest BCUT2D eigenvalue weighted by molar-refractivity contribution is 7.17. The maximum Gasteiger partial charge on any atom is 0.317 e. The number of nitrogens with zero attached hydrogens (tertiary/aromatic N) is 2. The lowest BCUT2D eigenvalue weighted by molar-refractivity contribution is 0.0941. The number of thiophene rings is 1. The van der Waals surface area contributed by atoms with E-state index in [4.69, 9.17) is 0 Å². The van der Waals surface area contributed by atoms with Crippen LogP contribution in [-0.4, -0.2) is 47.5 Å². The fourth-order valence-corrected chi connectivity index (χ4v) is 4.37. The van der Waals surface area contributed by atoms with Crippen LogP contribution in [0.25, 0.3) is 10.6 Å². The first-order valence-corrected chi connectivity index (χ1v) is 9.68. The summed E-state index contributed by atoms with van der Waals surface area (Å²) < 4.78 is 0. The first kappa shape index (κ1) is 16.9. The molecule has 1 atom stereocenters. The van der Waals surface area contributed by atoms with E-state index in [9.17, 15) is 9.59 Å². The Morgan fingerprint density at radius 2 is 2.29 bits per heavy atom. The third-order valence-corrected chi connectivity index (χ3v) is 5.80. The predicted octanol–water partition coefficient (Wildman–Crippen LogP) is 2.71. The Labute approximate surface area is 148 Å². The van der Waals surface area contributed by atoms with Gasteiger partial charge in [0.15, 0.2) is 0 Å². The van der Waals surface area contributed by atoms with Crippen LogP contribution >= 0.6 is 22.7 Å². The highest BCUT2D eigenvalue weighted by atomic mass is 32.1. The van der Waals surface area contributed by atoms with Crippen LogP contribution in [0.4, 0.5) is 4.79 Å². The second-order valence-corrected chi connectivity index (χ2v) is 7.47. The zero-order chi connectivity index (χ0) is 17.1. The van der Waals surface area contributed by atoms with Crippen molar-refractivity contribution in [2.24, 2.45) is 0 Å². The Bertz CT molecular complexity index is 727. The summed E-state index contributed by atoms with van der Waals surface area (Å²) in [6, 6.07) is 1.93. The molecule has 2 aromatic heterocycles. The first-order chi connectivity index (χ1) is 11.6. The van der Waals surface area contributed by atoms with E-state index in [0.29, 0.717) is 24.5 Å². The third kappa shape index (κ3) is 3.59. The van der Waals surface area contributed by atoms with E-state index in [1.165, 1.54) is 11.3 Å². The fraction of sp³-hybridized carbons (Fsp3) is 0.438. The Morgan fingerprint density at radius 1 is 1.46 bits per heavy atom. The van der Waals surface area contributed by atoms with Crippen LogP contribution in [0, 0.1) is 6.92 Å². The van der Waals surface area contributed by atoms with Crippen molar-refractivity contribution >= 4 is 34.6 Å². The van der Waals surface area contributed by atoms with E-state index in [-0.39, 0.29) is 18.0 Å². The summed E-state index contributed by atoms with van der Waals surface area (Å²) in [5.74, 6) is -0.103. The van der Waals surface area contributed by atoms with Gasteiger partial charge in [0, 0.05) is 36.6 Å². The van der Waals surface area contributed by atoms with Crippen molar-refractivity contribution in [2.45, 2.75) is 26.3 Å². The molecule has 0 aliphatic carbocycles. The Kier molecular flexibility index (Phi) is 5.15. The topological polar surface area (TPSA) is 74.3 Å². The first-order valence-electron chi connectivity index (χ1n) is 7.92. The summed E-state index contributed by atoms with van der Waals surface area (Å²) in [5.41, 5.74) is 1.80. The molecule has 2 aromatic rings. The summed E-state index contributed by atoms with van der Waals surface area (Å²) in [4.78, 5) is 31.3. The number of aryl methyl sites for hydroxylation is 1. The van der Waals surface area contributed by atoms with Gasteiger partial charge in [-0.1, -0.05) is 0 Å². The third-order valence-electron chi connectivity index (χ3n) is 3.91. The van der Waals surface area contributed by atoms with Gasteiger partial charge in [-0.15, -0.1) is 11.3 Å². The molecule has 1 fully saturated rings. The smallest absolute Gasteiger partial charge is 0.317 e. The molecule has 3 rings (SSSR count). The van der Waals surface area contributed by atoms with Gasteiger partial charge in [-0.25, -0.2) is 9.78 Å². The average Bonchev–Trinajstić information content (AvgIpc) is 3.26. The fourth-order valence-electron chi connectivity index (χ4n) is 2.69. The standard InChI is InChI=1S/C16H20N4O2S2/c1-3-17-16(22)20-6-4-12(8-20)19-14(21)13-10(2)18-15(24-13)11-5-7-23-9-11/h5,7,9,12H,3-4,6,8H2,1-2H3,(H,17,22)(H,19,21)/t12-/m1/s1. The van der Waals surface area contributed by atoms with E-state index in [1.807, 2.05) is 30.7 Å². The molecule has 3 heterocycles. The summed E-state index contributed by atoms with van der Waals surface area (Å²) in [6.45, 7) is 5.57. The predicted molar refractivity (Wildman–Crippen MR) is 96.7 cm³/mol. The zero-order valence-corrected chi connectivity index (χ0v) is 15.3. The highest BCUT2D eigenvalue weighted by Crippen LogP contribution is 2.29. The van der Waals surface area contributed by atoms with Crippen LogP contribution in [0.15, 0.2) is 16.8 Å². The van der Waals surface area contributed by atoms with E-state index < -0.39 is 0 Å². The second kappa shape index (κ2) is 7.31. The van der Waals surface area contributed by atoms with Crippen LogP contribution in [0.5, 0.6) is 0 Å². The Balaban J connectivity index is 1.63. The van der Waals surface area contributed by atoms with Crippen LogP contribution < -0.4 is 10.6 Å². The monoisotopic (exact) mass is 364 g/mol. The minimum atomic E-state index is -0.103. The lowest BCUT2D eigenvalue weighted by atomic mass is 10.2. The highest BCUT2D eigenvalue weighted by Gasteiger charge is 2.28. The SMILES string of the molecule is CCNC(=O)N1CC[C@@H](NC(=O)c2sc(-c3ccsc3)nc2C)C1. The molecule has 8 heteroatoms. The number of aromatic nitrogens is 1. The summed E-state index contributed by atoms with van der Waals surface area (Å²) in [7, 11) is 0. The molecule has 0 spiro atoms. The van der Waals surface area contributed by atoms with Gasteiger partial charge in [0.2, 0.25) is 0 Å². The molecule has 0 bridgehead atoms. The number of hydrogen-bond donors (Lipinski definition) is 2. The lowest BCUT2D eigenvalue weighted by Gasteiger charge is -2.17. The number of rotatable bonds is 4. The largest absolute Gasteiger partial charge is 0.347 e. The number of likely N-dealkylation sites (tertiary alicyclic amines) is 1. The van der Waals surface area contributed by atoms with Crippen molar-refractivity contribution in [3.63, 3.8) is 0 Å². The van der Waals surface area contributed by atoms with E-state index in [0.717, 1.165) is 22.7 Å². The molecule has 0 saturated carbocycles. The van der Waals surface area contributed by atoms with Crippen molar-refractivity contribution in [3.8, 4) is 10.6 Å². The molecule has 1 saturated heterocycles. The van der Waals surface area contributed by atoms with Gasteiger partial charge in [0.05, 0.1) is 5.69 Å². The summed E-state index contributed by atoms with van der Waals surface area (Å²) >= 11 is 3.03. The van der Waals surface area contributed by atoms with Crippen LogP contribution in [0.3, 0.4) is 0 Å². The maximum absolute atomic E-state index is 12.5. The van der Waals surface area contributed by atoms with Crippen molar-refractivity contribution in [1.82, 2.24) is 20.5 Å². The Hall–Kier alpha value is -1.93. The van der Waals surface area contributed by atoms with Crippen molar-refractivity contribution in [2.75, 3.05) is 19.6 Å². The molecule has 128 valence electrons. The number of urea groups is 1. The molecule has 0 unspecified atom stereocenters. The normalized spacial score (nSPS) is 17.1. The number of amides is 3. The minimum Gasteiger partial charge on any atom is -0.347 e. The number of thiazole rings is 1. The summed E-state index contributed by atoms with van der Waals surface area (Å²) in [5, 5.41) is 10.7. The average molecular weight is 364 g/mol. The second-order valence-electron chi connectivity index (χ2n) is 5.69. The molecule has 0 radical (unpaired) electrons. The van der Waals surface area contributed by atoms with Crippen molar-refractivity contribution in [3.05, 3.63) is 27.4 Å². The van der Waals surface area contributed by atoms with Gasteiger partial charge < -0.3 is 15.5 Å². The van der Waals surface area contributed by atoms with Crippen LogP contribution in [0.1, 0.15) is 28.7 Å². The molecular formula is C16H20N4O2S2. The molecule has 6 nitrogen and oxygen atoms in total. The van der Waals surface area contributed by atoms with Gasteiger partial charge in [-0.05, 0) is 31.7 Å². The van der Waals surface area contributed by atoms with E-state index in [1.54, 1.807) is 16.2 Å².